The standard InChI is InChI=1S/C49H32N4/c1-3-14-34(15-4-1)41-31-30-38(32-46(41)53-44-24-11-9-21-42(44)43-22-10-12-25-45(43)53)49-51-47(36-17-5-2-6-18-36)50-48(52-49)37-28-26-35(27-29-37)40-23-13-19-33-16-7-8-20-39(33)40/h1-32H. The molecule has 0 aliphatic carbocycles. The second kappa shape index (κ2) is 12.9. The zero-order valence-corrected chi connectivity index (χ0v) is 28.8. The van der Waals surface area contributed by atoms with Crippen LogP contribution < -0.4 is 0 Å². The molecule has 10 rings (SSSR count). The number of benzene rings is 8. The van der Waals surface area contributed by atoms with Crippen molar-refractivity contribution in [3.63, 3.8) is 0 Å². The van der Waals surface area contributed by atoms with Crippen LogP contribution in [0.3, 0.4) is 0 Å². The van der Waals surface area contributed by atoms with Gasteiger partial charge >= 0.3 is 0 Å². The Kier molecular flexibility index (Phi) is 7.43. The summed E-state index contributed by atoms with van der Waals surface area (Å²) in [7, 11) is 0. The normalized spacial score (nSPS) is 11.4. The highest BCUT2D eigenvalue weighted by Gasteiger charge is 2.19. The molecule has 0 bridgehead atoms. The minimum Gasteiger partial charge on any atom is -0.309 e. The molecule has 0 spiro atoms. The maximum Gasteiger partial charge on any atom is 0.164 e. The molecule has 2 heterocycles. The van der Waals surface area contributed by atoms with Crippen molar-refractivity contribution in [2.75, 3.05) is 0 Å². The van der Waals surface area contributed by atoms with Crippen LogP contribution >= 0.6 is 0 Å². The molecular weight excluding hydrogens is 645 g/mol. The first kappa shape index (κ1) is 30.6. The molecular formula is C49H32N4. The van der Waals surface area contributed by atoms with Crippen molar-refractivity contribution in [3.8, 4) is 62.1 Å². The first-order chi connectivity index (χ1) is 26.3. The number of nitrogens with zero attached hydrogens (tertiary/aromatic N) is 4. The molecule has 0 aliphatic heterocycles. The van der Waals surface area contributed by atoms with Gasteiger partial charge in [-0.05, 0) is 45.7 Å². The van der Waals surface area contributed by atoms with E-state index < -0.39 is 0 Å². The van der Waals surface area contributed by atoms with Crippen molar-refractivity contribution in [2.45, 2.75) is 0 Å². The topological polar surface area (TPSA) is 43.6 Å². The number of hydrogen-bond donors (Lipinski definition) is 0. The molecule has 248 valence electrons. The Morgan fingerprint density at radius 2 is 0.755 bits per heavy atom. The third kappa shape index (κ3) is 5.45. The largest absolute Gasteiger partial charge is 0.309 e. The molecule has 0 saturated carbocycles. The molecule has 0 fully saturated rings. The van der Waals surface area contributed by atoms with Gasteiger partial charge < -0.3 is 4.57 Å². The predicted octanol–water partition coefficient (Wildman–Crippen LogP) is 12.5. The Morgan fingerprint density at radius 3 is 1.42 bits per heavy atom. The molecule has 0 unspecified atom stereocenters. The van der Waals surface area contributed by atoms with E-state index in [-0.39, 0.29) is 0 Å². The van der Waals surface area contributed by atoms with Gasteiger partial charge in [0, 0.05) is 33.0 Å². The summed E-state index contributed by atoms with van der Waals surface area (Å²) in [6, 6.07) is 68.1. The van der Waals surface area contributed by atoms with Gasteiger partial charge in [0.2, 0.25) is 0 Å². The van der Waals surface area contributed by atoms with Gasteiger partial charge in [-0.15, -0.1) is 0 Å². The van der Waals surface area contributed by atoms with Gasteiger partial charge in [0.05, 0.1) is 16.7 Å². The van der Waals surface area contributed by atoms with E-state index >= 15 is 0 Å². The highest BCUT2D eigenvalue weighted by atomic mass is 15.0. The molecule has 8 aromatic carbocycles. The maximum atomic E-state index is 5.17. The first-order valence-electron chi connectivity index (χ1n) is 17.9. The van der Waals surface area contributed by atoms with E-state index in [0.29, 0.717) is 17.5 Å². The van der Waals surface area contributed by atoms with E-state index in [0.717, 1.165) is 50.1 Å². The van der Waals surface area contributed by atoms with E-state index in [2.05, 4.69) is 180 Å². The van der Waals surface area contributed by atoms with E-state index in [1.54, 1.807) is 0 Å². The molecule has 0 amide bonds. The van der Waals surface area contributed by atoms with Crippen LogP contribution in [0.2, 0.25) is 0 Å². The highest BCUT2D eigenvalue weighted by Crippen LogP contribution is 2.38. The molecule has 0 N–H and O–H groups in total. The average Bonchev–Trinajstić information content (AvgIpc) is 3.58. The number of hydrogen-bond acceptors (Lipinski definition) is 3. The summed E-state index contributed by atoms with van der Waals surface area (Å²) in [5.41, 5.74) is 10.8. The molecule has 53 heavy (non-hydrogen) atoms. The summed E-state index contributed by atoms with van der Waals surface area (Å²) in [6.07, 6.45) is 0. The van der Waals surface area contributed by atoms with Gasteiger partial charge in [0.25, 0.3) is 0 Å². The van der Waals surface area contributed by atoms with Crippen molar-refractivity contribution >= 4 is 32.6 Å². The Labute approximate surface area is 307 Å². The Hall–Kier alpha value is -7.17. The van der Waals surface area contributed by atoms with Crippen LogP contribution in [-0.4, -0.2) is 19.5 Å². The van der Waals surface area contributed by atoms with Gasteiger partial charge in [-0.1, -0.05) is 176 Å². The SMILES string of the molecule is c1ccc(-c2nc(-c3ccc(-c4cccc5ccccc45)cc3)nc(-c3ccc(-c4ccccc4)c(-n4c5ccccc5c5ccccc54)c3)n2)cc1. The first-order valence-corrected chi connectivity index (χ1v) is 17.9. The minimum absolute atomic E-state index is 0.619. The van der Waals surface area contributed by atoms with Crippen molar-refractivity contribution < 1.29 is 0 Å². The lowest BCUT2D eigenvalue weighted by molar-refractivity contribution is 1.07. The van der Waals surface area contributed by atoms with E-state index in [1.165, 1.54) is 27.1 Å². The molecule has 0 aliphatic rings. The van der Waals surface area contributed by atoms with Crippen LogP contribution in [0.1, 0.15) is 0 Å². The summed E-state index contributed by atoms with van der Waals surface area (Å²) < 4.78 is 2.38. The van der Waals surface area contributed by atoms with Crippen LogP contribution in [0.5, 0.6) is 0 Å². The summed E-state index contributed by atoms with van der Waals surface area (Å²) in [6.45, 7) is 0. The fraction of sp³-hybridized carbons (Fsp3) is 0. The lowest BCUT2D eigenvalue weighted by Crippen LogP contribution is -2.02. The quantitative estimate of drug-likeness (QED) is 0.176. The van der Waals surface area contributed by atoms with Crippen molar-refractivity contribution in [1.29, 1.82) is 0 Å². The fourth-order valence-electron chi connectivity index (χ4n) is 7.53. The van der Waals surface area contributed by atoms with Crippen molar-refractivity contribution in [1.82, 2.24) is 19.5 Å². The van der Waals surface area contributed by atoms with Crippen molar-refractivity contribution in [3.05, 3.63) is 194 Å². The van der Waals surface area contributed by atoms with Gasteiger partial charge in [-0.25, -0.2) is 15.0 Å². The Balaban J connectivity index is 1.16. The number of fused-ring (bicyclic) bond motifs is 4. The summed E-state index contributed by atoms with van der Waals surface area (Å²) in [5.74, 6) is 1.88. The molecule has 10 aromatic rings. The minimum atomic E-state index is 0.619. The zero-order chi connectivity index (χ0) is 35.1. The number of aromatic nitrogens is 4. The van der Waals surface area contributed by atoms with Crippen LogP contribution in [0.25, 0.3) is 94.7 Å². The predicted molar refractivity (Wildman–Crippen MR) is 219 cm³/mol. The van der Waals surface area contributed by atoms with Crippen LogP contribution in [0, 0.1) is 0 Å². The monoisotopic (exact) mass is 676 g/mol. The molecule has 0 saturated heterocycles. The Bertz CT molecular complexity index is 2870. The van der Waals surface area contributed by atoms with Crippen LogP contribution in [-0.2, 0) is 0 Å². The number of para-hydroxylation sites is 2. The van der Waals surface area contributed by atoms with Gasteiger partial charge in [0.1, 0.15) is 0 Å². The highest BCUT2D eigenvalue weighted by molar-refractivity contribution is 6.10. The Morgan fingerprint density at radius 1 is 0.302 bits per heavy atom. The van der Waals surface area contributed by atoms with Gasteiger partial charge in [-0.3, -0.25) is 0 Å². The van der Waals surface area contributed by atoms with Crippen molar-refractivity contribution in [2.24, 2.45) is 0 Å². The molecule has 0 atom stereocenters. The van der Waals surface area contributed by atoms with E-state index in [9.17, 15) is 0 Å². The fourth-order valence-corrected chi connectivity index (χ4v) is 7.53. The molecule has 2 aromatic heterocycles. The molecule has 4 heteroatoms. The third-order valence-electron chi connectivity index (χ3n) is 10.1. The van der Waals surface area contributed by atoms with Gasteiger partial charge in [0.15, 0.2) is 17.5 Å². The van der Waals surface area contributed by atoms with Crippen LogP contribution in [0.4, 0.5) is 0 Å². The molecule has 4 nitrogen and oxygen atoms in total. The smallest absolute Gasteiger partial charge is 0.164 e. The third-order valence-corrected chi connectivity index (χ3v) is 10.1. The summed E-state index contributed by atoms with van der Waals surface area (Å²) in [4.78, 5) is 15.3. The van der Waals surface area contributed by atoms with E-state index in [1.807, 2.05) is 18.2 Å². The van der Waals surface area contributed by atoms with Gasteiger partial charge in [-0.2, -0.15) is 0 Å². The maximum absolute atomic E-state index is 5.17. The second-order valence-corrected chi connectivity index (χ2v) is 13.2. The number of rotatable bonds is 6. The second-order valence-electron chi connectivity index (χ2n) is 13.2. The average molecular weight is 677 g/mol. The van der Waals surface area contributed by atoms with Crippen LogP contribution in [0.15, 0.2) is 194 Å². The summed E-state index contributed by atoms with van der Waals surface area (Å²) in [5, 5.41) is 4.89. The molecule has 0 radical (unpaired) electrons. The lowest BCUT2D eigenvalue weighted by atomic mass is 9.97. The zero-order valence-electron chi connectivity index (χ0n) is 28.8. The summed E-state index contributed by atoms with van der Waals surface area (Å²) >= 11 is 0. The van der Waals surface area contributed by atoms with E-state index in [4.69, 9.17) is 15.0 Å². The lowest BCUT2D eigenvalue weighted by Gasteiger charge is -2.16.